The Balaban J connectivity index is 1.73. The van der Waals surface area contributed by atoms with E-state index in [9.17, 15) is 14.3 Å². The molecule has 0 bridgehead atoms. The molecule has 0 aliphatic carbocycles. The van der Waals surface area contributed by atoms with E-state index < -0.39 is 5.97 Å². The summed E-state index contributed by atoms with van der Waals surface area (Å²) in [6.45, 7) is 4.98. The van der Waals surface area contributed by atoms with Crippen molar-refractivity contribution in [3.05, 3.63) is 94.3 Å². The fourth-order valence-corrected chi connectivity index (χ4v) is 3.77. The highest BCUT2D eigenvalue weighted by Crippen LogP contribution is 2.28. The number of rotatable bonds is 7. The molecule has 0 aliphatic heterocycles. The van der Waals surface area contributed by atoms with Gasteiger partial charge in [0.25, 0.3) is 0 Å². The average molecular weight is 405 g/mol. The maximum atomic E-state index is 13.3. The van der Waals surface area contributed by atoms with Crippen LogP contribution in [0.4, 0.5) is 4.39 Å². The SMILES string of the molecule is Cc1ccc2c(CNCc3ccc(C)o3)c(C(=O)[O-])n(Cc3ccc(F)cc3)c2c1. The molecule has 6 heteroatoms. The van der Waals surface area contributed by atoms with Crippen LogP contribution in [0.25, 0.3) is 10.9 Å². The minimum absolute atomic E-state index is 0.128. The van der Waals surface area contributed by atoms with Crippen molar-refractivity contribution in [1.29, 1.82) is 0 Å². The van der Waals surface area contributed by atoms with E-state index in [2.05, 4.69) is 5.32 Å². The second-order valence-electron chi connectivity index (χ2n) is 7.46. The highest BCUT2D eigenvalue weighted by Gasteiger charge is 2.18. The Bertz CT molecular complexity index is 1210. The third kappa shape index (κ3) is 4.00. The first-order valence-electron chi connectivity index (χ1n) is 9.76. The number of carbonyl (C=O) groups is 1. The second-order valence-corrected chi connectivity index (χ2v) is 7.46. The topological polar surface area (TPSA) is 70.2 Å². The number of benzene rings is 2. The number of hydrogen-bond acceptors (Lipinski definition) is 4. The maximum absolute atomic E-state index is 13.3. The summed E-state index contributed by atoms with van der Waals surface area (Å²) in [4.78, 5) is 12.1. The highest BCUT2D eigenvalue weighted by molar-refractivity contribution is 5.97. The van der Waals surface area contributed by atoms with E-state index in [1.165, 1.54) is 12.1 Å². The number of halogens is 1. The smallest absolute Gasteiger partial charge is 0.123 e. The molecule has 0 unspecified atom stereocenters. The van der Waals surface area contributed by atoms with Crippen LogP contribution in [-0.2, 0) is 19.6 Å². The van der Waals surface area contributed by atoms with Gasteiger partial charge in [-0.1, -0.05) is 24.3 Å². The van der Waals surface area contributed by atoms with Gasteiger partial charge in [0.2, 0.25) is 0 Å². The first-order valence-corrected chi connectivity index (χ1v) is 9.76. The normalized spacial score (nSPS) is 11.3. The number of aromatic carboxylic acids is 1. The lowest BCUT2D eigenvalue weighted by Crippen LogP contribution is -2.28. The summed E-state index contributed by atoms with van der Waals surface area (Å²) < 4.78 is 20.6. The van der Waals surface area contributed by atoms with Crippen LogP contribution in [0, 0.1) is 19.7 Å². The Hall–Kier alpha value is -3.38. The molecule has 0 saturated heterocycles. The number of hydrogen-bond donors (Lipinski definition) is 1. The molecule has 5 nitrogen and oxygen atoms in total. The summed E-state index contributed by atoms with van der Waals surface area (Å²) in [5.74, 6) is 0.0451. The number of carbonyl (C=O) groups excluding carboxylic acids is 1. The van der Waals surface area contributed by atoms with Crippen molar-refractivity contribution in [3.63, 3.8) is 0 Å². The van der Waals surface area contributed by atoms with Crippen molar-refractivity contribution < 1.29 is 18.7 Å². The van der Waals surface area contributed by atoms with Gasteiger partial charge in [0.15, 0.2) is 0 Å². The minimum Gasteiger partial charge on any atom is -0.543 e. The van der Waals surface area contributed by atoms with Crippen LogP contribution < -0.4 is 10.4 Å². The van der Waals surface area contributed by atoms with Gasteiger partial charge in [0.1, 0.15) is 17.3 Å². The van der Waals surface area contributed by atoms with E-state index in [4.69, 9.17) is 4.42 Å². The molecule has 0 radical (unpaired) electrons. The molecule has 2 aromatic heterocycles. The lowest BCUT2D eigenvalue weighted by molar-refractivity contribution is -0.255. The van der Waals surface area contributed by atoms with Gasteiger partial charge >= 0.3 is 0 Å². The van der Waals surface area contributed by atoms with E-state index in [0.29, 0.717) is 25.2 Å². The van der Waals surface area contributed by atoms with Gasteiger partial charge in [0.05, 0.1) is 18.2 Å². The zero-order chi connectivity index (χ0) is 21.3. The van der Waals surface area contributed by atoms with E-state index in [-0.39, 0.29) is 11.5 Å². The van der Waals surface area contributed by atoms with Gasteiger partial charge in [-0.15, -0.1) is 0 Å². The molecule has 4 rings (SSSR count). The number of furan rings is 1. The van der Waals surface area contributed by atoms with E-state index >= 15 is 0 Å². The lowest BCUT2D eigenvalue weighted by Gasteiger charge is -2.14. The highest BCUT2D eigenvalue weighted by atomic mass is 19.1. The minimum atomic E-state index is -1.24. The summed E-state index contributed by atoms with van der Waals surface area (Å²) in [5, 5.41) is 16.3. The monoisotopic (exact) mass is 405 g/mol. The van der Waals surface area contributed by atoms with Crippen LogP contribution in [0.2, 0.25) is 0 Å². The molecule has 0 atom stereocenters. The van der Waals surface area contributed by atoms with Gasteiger partial charge in [-0.25, -0.2) is 4.39 Å². The van der Waals surface area contributed by atoms with Gasteiger partial charge in [0, 0.05) is 29.6 Å². The zero-order valence-corrected chi connectivity index (χ0v) is 16.9. The predicted molar refractivity (Wildman–Crippen MR) is 110 cm³/mol. The van der Waals surface area contributed by atoms with Crippen LogP contribution in [-0.4, -0.2) is 10.5 Å². The predicted octanol–water partition coefficient (Wildman–Crippen LogP) is 3.69. The fourth-order valence-electron chi connectivity index (χ4n) is 3.77. The number of aromatic nitrogens is 1. The van der Waals surface area contributed by atoms with Gasteiger partial charge in [-0.05, 0) is 55.3 Å². The Labute approximate surface area is 173 Å². The molecule has 154 valence electrons. The van der Waals surface area contributed by atoms with Crippen molar-refractivity contribution in [3.8, 4) is 0 Å². The quantitative estimate of drug-likeness (QED) is 0.509. The van der Waals surface area contributed by atoms with Crippen molar-refractivity contribution >= 4 is 16.9 Å². The molecule has 30 heavy (non-hydrogen) atoms. The molecule has 2 aromatic carbocycles. The molecule has 1 N–H and O–H groups in total. The Kier molecular flexibility index (Phi) is 5.42. The molecule has 0 saturated carbocycles. The van der Waals surface area contributed by atoms with E-state index in [1.807, 2.05) is 44.2 Å². The first-order chi connectivity index (χ1) is 14.4. The van der Waals surface area contributed by atoms with Crippen molar-refractivity contribution in [2.75, 3.05) is 0 Å². The number of nitrogens with zero attached hydrogens (tertiary/aromatic N) is 1. The Morgan fingerprint density at radius 3 is 2.50 bits per heavy atom. The fraction of sp³-hybridized carbons (Fsp3) is 0.208. The average Bonchev–Trinajstić information content (AvgIpc) is 3.25. The van der Waals surface area contributed by atoms with Crippen LogP contribution >= 0.6 is 0 Å². The second kappa shape index (κ2) is 8.16. The number of carboxylic acid groups (broad SMARTS) is 1. The third-order valence-electron chi connectivity index (χ3n) is 5.17. The van der Waals surface area contributed by atoms with Crippen molar-refractivity contribution in [2.45, 2.75) is 33.5 Å². The van der Waals surface area contributed by atoms with E-state index in [0.717, 1.165) is 33.6 Å². The molecule has 0 spiro atoms. The van der Waals surface area contributed by atoms with Crippen LogP contribution in [0.1, 0.15) is 38.7 Å². The van der Waals surface area contributed by atoms with Gasteiger partial charge < -0.3 is 24.2 Å². The van der Waals surface area contributed by atoms with Crippen LogP contribution in [0.15, 0.2) is 59.0 Å². The molecule has 0 amide bonds. The third-order valence-corrected chi connectivity index (χ3v) is 5.17. The van der Waals surface area contributed by atoms with Crippen molar-refractivity contribution in [1.82, 2.24) is 9.88 Å². The number of nitrogens with one attached hydrogen (secondary N) is 1. The number of carboxylic acids is 1. The maximum Gasteiger partial charge on any atom is 0.123 e. The van der Waals surface area contributed by atoms with Gasteiger partial charge in [-0.2, -0.15) is 0 Å². The zero-order valence-electron chi connectivity index (χ0n) is 16.9. The summed E-state index contributed by atoms with van der Waals surface area (Å²) in [6.07, 6.45) is 0. The first kappa shape index (κ1) is 19.9. The molecule has 0 fully saturated rings. The summed E-state index contributed by atoms with van der Waals surface area (Å²) in [6, 6.07) is 15.7. The molecular formula is C24H22FN2O3-. The summed E-state index contributed by atoms with van der Waals surface area (Å²) in [7, 11) is 0. The number of fused-ring (bicyclic) bond motifs is 1. The number of aryl methyl sites for hydroxylation is 2. The molecule has 2 heterocycles. The standard InChI is InChI=1S/C24H23FN2O3/c1-15-3-10-20-21(13-26-12-19-9-4-16(2)30-19)23(24(28)29)27(22(20)11-15)14-17-5-7-18(25)8-6-17/h3-11,26H,12-14H2,1-2H3,(H,28,29)/p-1. The molecule has 0 aliphatic rings. The summed E-state index contributed by atoms with van der Waals surface area (Å²) in [5.41, 5.74) is 3.43. The molecular weight excluding hydrogens is 383 g/mol. The van der Waals surface area contributed by atoms with E-state index in [1.54, 1.807) is 16.7 Å². The molecule has 4 aromatic rings. The Morgan fingerprint density at radius 2 is 1.83 bits per heavy atom. The van der Waals surface area contributed by atoms with Crippen molar-refractivity contribution in [2.24, 2.45) is 0 Å². The van der Waals surface area contributed by atoms with Crippen LogP contribution in [0.5, 0.6) is 0 Å². The van der Waals surface area contributed by atoms with Gasteiger partial charge in [-0.3, -0.25) is 0 Å². The largest absolute Gasteiger partial charge is 0.543 e. The van der Waals surface area contributed by atoms with Crippen LogP contribution in [0.3, 0.4) is 0 Å². The Morgan fingerprint density at radius 1 is 1.07 bits per heavy atom. The lowest BCUT2D eigenvalue weighted by atomic mass is 10.1. The summed E-state index contributed by atoms with van der Waals surface area (Å²) >= 11 is 0.